The number of nitrogens with one attached hydrogen (secondary N) is 1. The van der Waals surface area contributed by atoms with E-state index in [1.54, 1.807) is 13.4 Å². The number of nitrogens with zero attached hydrogens (tertiary/aromatic N) is 6. The summed E-state index contributed by atoms with van der Waals surface area (Å²) in [6, 6.07) is -1.42. The Kier molecular flexibility index (Phi) is 6.03. The number of halogens is 3. The van der Waals surface area contributed by atoms with E-state index in [-0.39, 0.29) is 0 Å². The molecule has 0 aromatic carbocycles. The van der Waals surface area contributed by atoms with Gasteiger partial charge < -0.3 is 14.8 Å². The lowest BCUT2D eigenvalue weighted by Gasteiger charge is -2.39. The molecule has 7 nitrogen and oxygen atoms in total. The van der Waals surface area contributed by atoms with Gasteiger partial charge in [0.1, 0.15) is 12.4 Å². The highest BCUT2D eigenvalue weighted by atomic mass is 19.4. The monoisotopic (exact) mass is 347 g/mol. The van der Waals surface area contributed by atoms with Crippen LogP contribution in [0.1, 0.15) is 19.7 Å². The fourth-order valence-electron chi connectivity index (χ4n) is 2.70. The first-order valence-electron chi connectivity index (χ1n) is 7.99. The molecule has 1 aliphatic rings. The molecule has 1 saturated heterocycles. The zero-order valence-corrected chi connectivity index (χ0v) is 14.2. The van der Waals surface area contributed by atoms with Crippen molar-refractivity contribution in [2.24, 2.45) is 4.99 Å². The normalized spacial score (nSPS) is 18.8. The van der Waals surface area contributed by atoms with Gasteiger partial charge in [-0.2, -0.15) is 13.2 Å². The summed E-state index contributed by atoms with van der Waals surface area (Å²) in [7, 11) is 1.66. The molecular weight excluding hydrogens is 323 g/mol. The van der Waals surface area contributed by atoms with Crippen LogP contribution in [0.4, 0.5) is 13.2 Å². The third-order valence-corrected chi connectivity index (χ3v) is 4.29. The van der Waals surface area contributed by atoms with E-state index in [1.807, 2.05) is 16.4 Å². The average molecular weight is 347 g/mol. The highest BCUT2D eigenvalue weighted by Crippen LogP contribution is 2.25. The Morgan fingerprint density at radius 1 is 1.33 bits per heavy atom. The van der Waals surface area contributed by atoms with Gasteiger partial charge in [0.05, 0.1) is 6.54 Å². The minimum absolute atomic E-state index is 0.354. The molecule has 24 heavy (non-hydrogen) atoms. The minimum atomic E-state index is -4.19. The van der Waals surface area contributed by atoms with E-state index < -0.39 is 12.2 Å². The number of piperazine rings is 1. The largest absolute Gasteiger partial charge is 0.403 e. The maximum atomic E-state index is 12.8. The van der Waals surface area contributed by atoms with Gasteiger partial charge in [0.15, 0.2) is 11.8 Å². The molecule has 1 unspecified atom stereocenters. The van der Waals surface area contributed by atoms with E-state index in [9.17, 15) is 13.2 Å². The van der Waals surface area contributed by atoms with Crippen LogP contribution in [0.2, 0.25) is 0 Å². The van der Waals surface area contributed by atoms with Crippen LogP contribution in [0.15, 0.2) is 11.3 Å². The molecule has 2 rings (SSSR count). The lowest BCUT2D eigenvalue weighted by molar-refractivity contribution is -0.181. The van der Waals surface area contributed by atoms with Crippen LogP contribution in [0.3, 0.4) is 0 Å². The van der Waals surface area contributed by atoms with Gasteiger partial charge in [0, 0.05) is 39.8 Å². The Bertz CT molecular complexity index is 547. The number of aromatic nitrogens is 3. The van der Waals surface area contributed by atoms with E-state index in [4.69, 9.17) is 0 Å². The molecule has 1 aromatic rings. The van der Waals surface area contributed by atoms with Crippen molar-refractivity contribution in [1.29, 1.82) is 0 Å². The zero-order valence-electron chi connectivity index (χ0n) is 14.2. The second-order valence-corrected chi connectivity index (χ2v) is 5.67. The van der Waals surface area contributed by atoms with E-state index in [1.165, 1.54) is 11.8 Å². The molecular formula is C14H24F3N7. The maximum absolute atomic E-state index is 12.8. The van der Waals surface area contributed by atoms with E-state index in [0.717, 1.165) is 12.4 Å². The standard InChI is InChI=1S/C14H24F3N7/c1-4-22-10-20-21-12(22)9-19-13(18-3)24-7-5-23(6-8-24)11(2)14(15,16)17/h10-11H,4-9H2,1-3H3,(H,18,19). The molecule has 0 saturated carbocycles. The molecule has 136 valence electrons. The predicted octanol–water partition coefficient (Wildman–Crippen LogP) is 0.942. The lowest BCUT2D eigenvalue weighted by atomic mass is 10.2. The fraction of sp³-hybridized carbons (Fsp3) is 0.786. The zero-order chi connectivity index (χ0) is 17.7. The first-order valence-corrected chi connectivity index (χ1v) is 7.99. The maximum Gasteiger partial charge on any atom is 0.403 e. The Balaban J connectivity index is 1.87. The lowest BCUT2D eigenvalue weighted by Crippen LogP contribution is -2.56. The van der Waals surface area contributed by atoms with Gasteiger partial charge in [-0.3, -0.25) is 9.89 Å². The molecule has 10 heteroatoms. The number of rotatable bonds is 4. The Morgan fingerprint density at radius 2 is 2.00 bits per heavy atom. The quantitative estimate of drug-likeness (QED) is 0.649. The van der Waals surface area contributed by atoms with Gasteiger partial charge in [0.25, 0.3) is 0 Å². The number of aryl methyl sites for hydroxylation is 1. The van der Waals surface area contributed by atoms with Crippen molar-refractivity contribution in [3.8, 4) is 0 Å². The van der Waals surface area contributed by atoms with Gasteiger partial charge in [-0.15, -0.1) is 10.2 Å². The van der Waals surface area contributed by atoms with Crippen LogP contribution >= 0.6 is 0 Å². The molecule has 0 radical (unpaired) electrons. The summed E-state index contributed by atoms with van der Waals surface area (Å²) < 4.78 is 40.3. The van der Waals surface area contributed by atoms with Gasteiger partial charge in [-0.05, 0) is 13.8 Å². The van der Waals surface area contributed by atoms with Crippen molar-refractivity contribution < 1.29 is 13.2 Å². The van der Waals surface area contributed by atoms with E-state index in [2.05, 4.69) is 20.5 Å². The van der Waals surface area contributed by atoms with Crippen molar-refractivity contribution in [3.05, 3.63) is 12.2 Å². The second kappa shape index (κ2) is 7.82. The van der Waals surface area contributed by atoms with Crippen molar-refractivity contribution in [2.75, 3.05) is 33.2 Å². The summed E-state index contributed by atoms with van der Waals surface area (Å²) >= 11 is 0. The number of alkyl halides is 3. The fourth-order valence-corrected chi connectivity index (χ4v) is 2.70. The molecule has 1 aromatic heterocycles. The minimum Gasteiger partial charge on any atom is -0.349 e. The molecule has 1 fully saturated rings. The first kappa shape index (κ1) is 18.5. The molecule has 0 amide bonds. The molecule has 0 aliphatic carbocycles. The van der Waals surface area contributed by atoms with Crippen LogP contribution in [-0.4, -0.2) is 76.0 Å². The molecule has 1 aliphatic heterocycles. The van der Waals surface area contributed by atoms with Gasteiger partial charge >= 0.3 is 6.18 Å². The van der Waals surface area contributed by atoms with Gasteiger partial charge in [-0.1, -0.05) is 0 Å². The molecule has 0 spiro atoms. The summed E-state index contributed by atoms with van der Waals surface area (Å²) in [6.45, 7) is 6.17. The highest BCUT2D eigenvalue weighted by molar-refractivity contribution is 5.79. The predicted molar refractivity (Wildman–Crippen MR) is 84.6 cm³/mol. The van der Waals surface area contributed by atoms with Crippen LogP contribution in [0.5, 0.6) is 0 Å². The number of aliphatic imine (C=N–C) groups is 1. The van der Waals surface area contributed by atoms with Crippen LogP contribution in [-0.2, 0) is 13.1 Å². The van der Waals surface area contributed by atoms with Gasteiger partial charge in [0.2, 0.25) is 0 Å². The van der Waals surface area contributed by atoms with Crippen LogP contribution in [0, 0.1) is 0 Å². The van der Waals surface area contributed by atoms with E-state index in [0.29, 0.717) is 38.7 Å². The Morgan fingerprint density at radius 3 is 2.54 bits per heavy atom. The molecule has 2 heterocycles. The smallest absolute Gasteiger partial charge is 0.349 e. The Labute approximate surface area is 139 Å². The van der Waals surface area contributed by atoms with Crippen molar-refractivity contribution in [1.82, 2.24) is 29.9 Å². The summed E-state index contributed by atoms with van der Waals surface area (Å²) in [5.74, 6) is 1.46. The number of guanidine groups is 1. The van der Waals surface area contributed by atoms with E-state index >= 15 is 0 Å². The van der Waals surface area contributed by atoms with Crippen molar-refractivity contribution in [3.63, 3.8) is 0 Å². The average Bonchev–Trinajstić information content (AvgIpc) is 3.02. The first-order chi connectivity index (χ1) is 11.4. The summed E-state index contributed by atoms with van der Waals surface area (Å²) in [5.41, 5.74) is 0. The summed E-state index contributed by atoms with van der Waals surface area (Å²) in [4.78, 5) is 7.64. The summed E-state index contributed by atoms with van der Waals surface area (Å²) in [6.07, 6.45) is -2.52. The van der Waals surface area contributed by atoms with Crippen LogP contribution in [0.25, 0.3) is 0 Å². The SMILES string of the molecule is CCn1cnnc1CNC(=NC)N1CCN(C(C)C(F)(F)F)CC1. The van der Waals surface area contributed by atoms with Crippen LogP contribution < -0.4 is 5.32 Å². The molecule has 1 atom stereocenters. The van der Waals surface area contributed by atoms with Gasteiger partial charge in [-0.25, -0.2) is 0 Å². The summed E-state index contributed by atoms with van der Waals surface area (Å²) in [5, 5.41) is 11.1. The number of hydrogen-bond acceptors (Lipinski definition) is 4. The molecule has 1 N–H and O–H groups in total. The highest BCUT2D eigenvalue weighted by Gasteiger charge is 2.41. The molecule has 0 bridgehead atoms. The number of hydrogen-bond donors (Lipinski definition) is 1. The van der Waals surface area contributed by atoms with Crippen molar-refractivity contribution >= 4 is 5.96 Å². The Hall–Kier alpha value is -1.84. The van der Waals surface area contributed by atoms with Crippen molar-refractivity contribution in [2.45, 2.75) is 39.2 Å². The second-order valence-electron chi connectivity index (χ2n) is 5.67. The topological polar surface area (TPSA) is 61.6 Å². The third kappa shape index (κ3) is 4.37. The third-order valence-electron chi connectivity index (χ3n) is 4.29.